The Morgan fingerprint density at radius 1 is 1.25 bits per heavy atom. The van der Waals surface area contributed by atoms with Crippen LogP contribution in [-0.4, -0.2) is 57.6 Å². The van der Waals surface area contributed by atoms with Gasteiger partial charge in [-0.2, -0.15) is 5.10 Å². The molecule has 0 saturated carbocycles. The normalized spacial score (nSPS) is 21.0. The second-order valence-corrected chi connectivity index (χ2v) is 9.65. The Labute approximate surface area is 191 Å². The van der Waals surface area contributed by atoms with Crippen LogP contribution in [0.15, 0.2) is 36.5 Å². The zero-order valence-corrected chi connectivity index (χ0v) is 20.1. The summed E-state index contributed by atoms with van der Waals surface area (Å²) in [6.45, 7) is 11.4. The number of rotatable bonds is 8. The summed E-state index contributed by atoms with van der Waals surface area (Å²) in [5.74, 6) is 0.000363. The predicted octanol–water partition coefficient (Wildman–Crippen LogP) is 2.28. The van der Waals surface area contributed by atoms with Crippen LogP contribution in [0.25, 0.3) is 11.3 Å². The number of hydrazine groups is 1. The molecule has 3 rings (SSSR count). The molecule has 1 aliphatic rings. The Hall–Kier alpha value is -2.26. The molecule has 32 heavy (non-hydrogen) atoms. The van der Waals surface area contributed by atoms with Gasteiger partial charge in [-0.15, -0.1) is 0 Å². The van der Waals surface area contributed by atoms with E-state index in [0.29, 0.717) is 13.0 Å². The number of hydrogen-bond acceptors (Lipinski definition) is 6. The van der Waals surface area contributed by atoms with E-state index in [2.05, 4.69) is 59.4 Å². The maximum atomic E-state index is 13.2. The minimum absolute atomic E-state index is 0.000363. The van der Waals surface area contributed by atoms with Gasteiger partial charge in [-0.25, -0.2) is 10.9 Å². The van der Waals surface area contributed by atoms with Crippen molar-refractivity contribution >= 4 is 5.91 Å². The average Bonchev–Trinajstić information content (AvgIpc) is 3.37. The second-order valence-electron chi connectivity index (χ2n) is 9.65. The third kappa shape index (κ3) is 5.38. The molecule has 1 amide bonds. The zero-order chi connectivity index (χ0) is 23.5. The van der Waals surface area contributed by atoms with Gasteiger partial charge in [-0.05, 0) is 43.5 Å². The van der Waals surface area contributed by atoms with E-state index in [4.69, 9.17) is 0 Å². The molecular weight excluding hydrogens is 404 g/mol. The number of benzene rings is 1. The SMILES string of the molecule is CCn1nccc1-c1ccc([C@H](C)NN[C@@H]2C[C@@H](O)CN2C(=O)[C@@H](NC)C(C)(C)C)cc1. The van der Waals surface area contributed by atoms with Crippen LogP contribution in [0.1, 0.15) is 52.6 Å². The monoisotopic (exact) mass is 442 g/mol. The van der Waals surface area contributed by atoms with Gasteiger partial charge in [0, 0.05) is 31.7 Å². The lowest BCUT2D eigenvalue weighted by molar-refractivity contribution is -0.138. The lowest BCUT2D eigenvalue weighted by Crippen LogP contribution is -2.57. The molecule has 8 nitrogen and oxygen atoms in total. The summed E-state index contributed by atoms with van der Waals surface area (Å²) >= 11 is 0. The first kappa shape index (κ1) is 24.4. The number of likely N-dealkylation sites (tertiary alicyclic amines) is 1. The zero-order valence-electron chi connectivity index (χ0n) is 20.1. The summed E-state index contributed by atoms with van der Waals surface area (Å²) in [4.78, 5) is 14.9. The molecule has 0 unspecified atom stereocenters. The fourth-order valence-electron chi connectivity index (χ4n) is 4.36. The lowest BCUT2D eigenvalue weighted by Gasteiger charge is -2.35. The van der Waals surface area contributed by atoms with Crippen LogP contribution in [0, 0.1) is 5.41 Å². The summed E-state index contributed by atoms with van der Waals surface area (Å²) in [7, 11) is 1.81. The first-order valence-corrected chi connectivity index (χ1v) is 11.4. The maximum Gasteiger partial charge on any atom is 0.241 e. The van der Waals surface area contributed by atoms with Gasteiger partial charge in [-0.1, -0.05) is 45.0 Å². The number of nitrogens with one attached hydrogen (secondary N) is 3. The fraction of sp³-hybridized carbons (Fsp3) is 0.583. The van der Waals surface area contributed by atoms with Crippen molar-refractivity contribution < 1.29 is 9.90 Å². The minimum atomic E-state index is -0.534. The van der Waals surface area contributed by atoms with E-state index in [1.807, 2.05) is 37.7 Å². The molecule has 1 aromatic heterocycles. The van der Waals surface area contributed by atoms with Crippen molar-refractivity contribution in [3.05, 3.63) is 42.1 Å². The van der Waals surface area contributed by atoms with E-state index in [9.17, 15) is 9.90 Å². The van der Waals surface area contributed by atoms with Gasteiger partial charge >= 0.3 is 0 Å². The third-order valence-electron chi connectivity index (χ3n) is 6.15. The van der Waals surface area contributed by atoms with E-state index >= 15 is 0 Å². The number of aryl methyl sites for hydroxylation is 1. The maximum absolute atomic E-state index is 13.2. The van der Waals surface area contributed by atoms with Crippen molar-refractivity contribution in [2.24, 2.45) is 5.41 Å². The Kier molecular flexibility index (Phi) is 7.71. The van der Waals surface area contributed by atoms with Crippen molar-refractivity contribution in [1.29, 1.82) is 0 Å². The molecule has 0 bridgehead atoms. The highest BCUT2D eigenvalue weighted by molar-refractivity contribution is 5.83. The summed E-state index contributed by atoms with van der Waals surface area (Å²) < 4.78 is 1.98. The van der Waals surface area contributed by atoms with Gasteiger partial charge in [0.15, 0.2) is 0 Å². The lowest BCUT2D eigenvalue weighted by atomic mass is 9.86. The largest absolute Gasteiger partial charge is 0.391 e. The smallest absolute Gasteiger partial charge is 0.241 e. The van der Waals surface area contributed by atoms with Gasteiger partial charge in [0.25, 0.3) is 0 Å². The standard InChI is InChI=1S/C24H38N6O2/c1-7-30-20(12-13-26-30)18-10-8-17(9-11-18)16(2)27-28-21-14-19(31)15-29(21)23(32)22(25-6)24(3,4)5/h8-13,16,19,21-22,25,27-28,31H,7,14-15H2,1-6H3/t16-,19+,21-,22+/m0/s1. The minimum Gasteiger partial charge on any atom is -0.391 e. The molecule has 0 spiro atoms. The van der Waals surface area contributed by atoms with E-state index in [0.717, 1.165) is 23.4 Å². The molecule has 176 valence electrons. The molecule has 1 saturated heterocycles. The van der Waals surface area contributed by atoms with Gasteiger partial charge in [0.2, 0.25) is 5.91 Å². The van der Waals surface area contributed by atoms with E-state index in [1.165, 1.54) is 0 Å². The molecule has 1 fully saturated rings. The van der Waals surface area contributed by atoms with Crippen molar-refractivity contribution in [1.82, 2.24) is 30.8 Å². The molecule has 4 N–H and O–H groups in total. The van der Waals surface area contributed by atoms with Crippen LogP contribution in [0.4, 0.5) is 0 Å². The average molecular weight is 443 g/mol. The summed E-state index contributed by atoms with van der Waals surface area (Å²) in [5.41, 5.74) is 9.75. The van der Waals surface area contributed by atoms with Crippen LogP contribution in [0.3, 0.4) is 0 Å². The number of aliphatic hydroxyl groups is 1. The number of likely N-dealkylation sites (N-methyl/N-ethyl adjacent to an activating group) is 1. The molecule has 1 aliphatic heterocycles. The third-order valence-corrected chi connectivity index (χ3v) is 6.15. The number of β-amino-alcohol motifs (C(OH)–C–C–N with tert-alkyl or cyclic N) is 1. The van der Waals surface area contributed by atoms with Crippen molar-refractivity contribution in [2.75, 3.05) is 13.6 Å². The molecule has 2 heterocycles. The topological polar surface area (TPSA) is 94.4 Å². The molecule has 4 atom stereocenters. The number of aromatic nitrogens is 2. The summed E-state index contributed by atoms with van der Waals surface area (Å²) in [5, 5.41) is 17.7. The Bertz CT molecular complexity index is 889. The number of aliphatic hydroxyl groups excluding tert-OH is 1. The van der Waals surface area contributed by atoms with Crippen LogP contribution in [0.2, 0.25) is 0 Å². The second kappa shape index (κ2) is 10.1. The fourth-order valence-corrected chi connectivity index (χ4v) is 4.36. The molecule has 8 heteroatoms. The van der Waals surface area contributed by atoms with E-state index in [1.54, 1.807) is 11.9 Å². The molecule has 1 aromatic carbocycles. The highest BCUT2D eigenvalue weighted by Crippen LogP contribution is 2.25. The quantitative estimate of drug-likeness (QED) is 0.469. The number of carbonyl (C=O) groups is 1. The highest BCUT2D eigenvalue weighted by Gasteiger charge is 2.40. The van der Waals surface area contributed by atoms with Crippen LogP contribution in [-0.2, 0) is 11.3 Å². The molecule has 2 aromatic rings. The number of amides is 1. The first-order chi connectivity index (χ1) is 15.2. The highest BCUT2D eigenvalue weighted by atomic mass is 16.3. The van der Waals surface area contributed by atoms with E-state index in [-0.39, 0.29) is 29.6 Å². The van der Waals surface area contributed by atoms with Gasteiger partial charge in [-0.3, -0.25) is 9.48 Å². The molecule has 0 radical (unpaired) electrons. The summed E-state index contributed by atoms with van der Waals surface area (Å²) in [6, 6.07) is 10.1. The number of hydrogen-bond donors (Lipinski definition) is 4. The Balaban J connectivity index is 1.64. The van der Waals surface area contributed by atoms with Gasteiger partial charge in [0.05, 0.1) is 24.0 Å². The number of nitrogens with zero attached hydrogens (tertiary/aromatic N) is 3. The predicted molar refractivity (Wildman–Crippen MR) is 126 cm³/mol. The Morgan fingerprint density at radius 3 is 2.53 bits per heavy atom. The molecular formula is C24H38N6O2. The van der Waals surface area contributed by atoms with Crippen LogP contribution < -0.4 is 16.2 Å². The van der Waals surface area contributed by atoms with Crippen molar-refractivity contribution in [2.45, 2.75) is 71.9 Å². The van der Waals surface area contributed by atoms with Crippen molar-refractivity contribution in [3.8, 4) is 11.3 Å². The first-order valence-electron chi connectivity index (χ1n) is 11.4. The van der Waals surface area contributed by atoms with Crippen molar-refractivity contribution in [3.63, 3.8) is 0 Å². The van der Waals surface area contributed by atoms with Crippen LogP contribution >= 0.6 is 0 Å². The Morgan fingerprint density at radius 2 is 1.94 bits per heavy atom. The van der Waals surface area contributed by atoms with Gasteiger partial charge < -0.3 is 15.3 Å². The van der Waals surface area contributed by atoms with Gasteiger partial charge in [0.1, 0.15) is 0 Å². The summed E-state index contributed by atoms with van der Waals surface area (Å²) in [6.07, 6.45) is 1.51. The van der Waals surface area contributed by atoms with E-state index < -0.39 is 6.10 Å². The van der Waals surface area contributed by atoms with Crippen LogP contribution in [0.5, 0.6) is 0 Å². The number of carbonyl (C=O) groups excluding carboxylic acids is 1. The molecule has 0 aliphatic carbocycles.